The second-order valence-corrected chi connectivity index (χ2v) is 4.90. The van der Waals surface area contributed by atoms with Crippen LogP contribution in [0, 0.1) is 6.92 Å². The zero-order chi connectivity index (χ0) is 14.0. The molecule has 1 saturated heterocycles. The minimum absolute atomic E-state index is 0.0341. The van der Waals surface area contributed by atoms with Gasteiger partial charge in [-0.1, -0.05) is 6.58 Å². The van der Waals surface area contributed by atoms with Crippen molar-refractivity contribution >= 4 is 18.3 Å². The topological polar surface area (TPSA) is 51.7 Å². The van der Waals surface area contributed by atoms with Crippen LogP contribution in [0.2, 0.25) is 0 Å². The molecular formula is C14H20N4O. The highest BCUT2D eigenvalue weighted by atomic mass is 16.1. The Hall–Kier alpha value is -1.88. The van der Waals surface area contributed by atoms with E-state index < -0.39 is 0 Å². The third-order valence-corrected chi connectivity index (χ3v) is 3.66. The van der Waals surface area contributed by atoms with Crippen LogP contribution < -0.4 is 0 Å². The lowest BCUT2D eigenvalue weighted by atomic mass is 10.1. The van der Waals surface area contributed by atoms with E-state index in [2.05, 4.69) is 40.1 Å². The lowest BCUT2D eigenvalue weighted by Gasteiger charge is -2.34. The molecule has 1 N–H and O–H groups in total. The molecule has 0 atom stereocenters. The predicted molar refractivity (Wildman–Crippen MR) is 77.3 cm³/mol. The van der Waals surface area contributed by atoms with Gasteiger partial charge in [0.1, 0.15) is 5.82 Å². The maximum atomic E-state index is 12.4. The molecule has 1 aromatic heterocycles. The number of hydrogen-bond acceptors (Lipinski definition) is 4. The molecular weight excluding hydrogens is 240 g/mol. The SMILES string of the molecule is C=Nc1[nH]cc(C(=O)C(=C)N2CCN(C)CC2)c1C. The Balaban J connectivity index is 2.12. The number of piperazine rings is 1. The minimum atomic E-state index is -0.0341. The lowest BCUT2D eigenvalue weighted by Crippen LogP contribution is -2.44. The zero-order valence-corrected chi connectivity index (χ0v) is 11.6. The van der Waals surface area contributed by atoms with Gasteiger partial charge < -0.3 is 14.8 Å². The van der Waals surface area contributed by atoms with Crippen LogP contribution >= 0.6 is 0 Å². The fraction of sp³-hybridized carbons (Fsp3) is 0.429. The maximum absolute atomic E-state index is 12.4. The quantitative estimate of drug-likeness (QED) is 0.508. The molecule has 0 radical (unpaired) electrons. The number of likely N-dealkylation sites (N-methyl/N-ethyl adjacent to an activating group) is 1. The van der Waals surface area contributed by atoms with Gasteiger partial charge in [0.25, 0.3) is 0 Å². The summed E-state index contributed by atoms with van der Waals surface area (Å²) in [6.07, 6.45) is 1.68. The van der Waals surface area contributed by atoms with Crippen molar-refractivity contribution in [1.29, 1.82) is 0 Å². The van der Waals surface area contributed by atoms with Crippen molar-refractivity contribution < 1.29 is 4.79 Å². The van der Waals surface area contributed by atoms with E-state index in [0.717, 1.165) is 31.7 Å². The molecule has 19 heavy (non-hydrogen) atoms. The van der Waals surface area contributed by atoms with E-state index in [9.17, 15) is 4.79 Å². The van der Waals surface area contributed by atoms with Crippen molar-refractivity contribution in [2.75, 3.05) is 33.2 Å². The van der Waals surface area contributed by atoms with Crippen molar-refractivity contribution in [1.82, 2.24) is 14.8 Å². The second-order valence-electron chi connectivity index (χ2n) is 4.90. The molecule has 1 aromatic rings. The molecule has 5 heteroatoms. The number of carbonyl (C=O) groups excluding carboxylic acids is 1. The molecule has 0 unspecified atom stereocenters. The van der Waals surface area contributed by atoms with Gasteiger partial charge in [-0.3, -0.25) is 4.79 Å². The summed E-state index contributed by atoms with van der Waals surface area (Å²) in [4.78, 5) is 23.5. The Kier molecular flexibility index (Phi) is 3.85. The molecule has 0 amide bonds. The highest BCUT2D eigenvalue weighted by Gasteiger charge is 2.23. The smallest absolute Gasteiger partial charge is 0.210 e. The molecule has 2 rings (SSSR count). The van der Waals surface area contributed by atoms with Gasteiger partial charge in [-0.05, 0) is 20.7 Å². The molecule has 102 valence electrons. The number of aromatic nitrogens is 1. The summed E-state index contributed by atoms with van der Waals surface area (Å²) in [5.74, 6) is 0.614. The number of hydrogen-bond donors (Lipinski definition) is 1. The fourth-order valence-corrected chi connectivity index (χ4v) is 2.26. The third-order valence-electron chi connectivity index (χ3n) is 3.66. The van der Waals surface area contributed by atoms with Crippen LogP contribution in [-0.2, 0) is 0 Å². The average molecular weight is 260 g/mol. The Morgan fingerprint density at radius 1 is 1.37 bits per heavy atom. The normalized spacial score (nSPS) is 16.4. The van der Waals surface area contributed by atoms with Gasteiger partial charge in [0.05, 0.1) is 5.70 Å². The van der Waals surface area contributed by atoms with Gasteiger partial charge in [0.15, 0.2) is 0 Å². The number of allylic oxidation sites excluding steroid dienone is 1. The first-order chi connectivity index (χ1) is 9.04. The summed E-state index contributed by atoms with van der Waals surface area (Å²) >= 11 is 0. The number of ketones is 1. The van der Waals surface area contributed by atoms with Crippen LogP contribution in [0.5, 0.6) is 0 Å². The summed E-state index contributed by atoms with van der Waals surface area (Å²) in [6, 6.07) is 0. The van der Waals surface area contributed by atoms with Gasteiger partial charge in [0.2, 0.25) is 5.78 Å². The van der Waals surface area contributed by atoms with Crippen molar-refractivity contribution in [3.63, 3.8) is 0 Å². The van der Waals surface area contributed by atoms with E-state index in [1.807, 2.05) is 6.92 Å². The van der Waals surface area contributed by atoms with Crippen LogP contribution in [0.4, 0.5) is 5.82 Å². The average Bonchev–Trinajstić information content (AvgIpc) is 2.79. The molecule has 1 fully saturated rings. The predicted octanol–water partition coefficient (Wildman–Crippen LogP) is 1.60. The van der Waals surface area contributed by atoms with E-state index in [1.165, 1.54) is 0 Å². The summed E-state index contributed by atoms with van der Waals surface area (Å²) < 4.78 is 0. The molecule has 0 aromatic carbocycles. The summed E-state index contributed by atoms with van der Waals surface area (Å²) in [7, 11) is 2.08. The Bertz CT molecular complexity index is 510. The summed E-state index contributed by atoms with van der Waals surface area (Å²) in [6.45, 7) is 12.9. The molecule has 1 aliphatic heterocycles. The van der Waals surface area contributed by atoms with Crippen LogP contribution in [0.1, 0.15) is 15.9 Å². The summed E-state index contributed by atoms with van der Waals surface area (Å²) in [5.41, 5.74) is 2.02. The number of Topliss-reactive ketones (excluding diaryl/α,β-unsaturated/α-hetero) is 1. The molecule has 2 heterocycles. The zero-order valence-electron chi connectivity index (χ0n) is 11.6. The highest BCUT2D eigenvalue weighted by Crippen LogP contribution is 2.23. The van der Waals surface area contributed by atoms with Crippen LogP contribution in [0.3, 0.4) is 0 Å². The number of aromatic amines is 1. The van der Waals surface area contributed by atoms with E-state index >= 15 is 0 Å². The Morgan fingerprint density at radius 3 is 2.53 bits per heavy atom. The first-order valence-electron chi connectivity index (χ1n) is 6.36. The number of aliphatic imine (C=N–C) groups is 1. The van der Waals surface area contributed by atoms with E-state index in [-0.39, 0.29) is 5.78 Å². The Labute approximate surface area is 113 Å². The van der Waals surface area contributed by atoms with Crippen LogP contribution in [0.25, 0.3) is 0 Å². The standard InChI is InChI=1S/C14H20N4O/c1-10-12(9-16-14(10)15-3)13(19)11(2)18-7-5-17(4)6-8-18/h9,16H,2-3,5-8H2,1,4H3. The first kappa shape index (κ1) is 13.5. The molecule has 5 nitrogen and oxygen atoms in total. The number of carbonyl (C=O) groups is 1. The van der Waals surface area contributed by atoms with Gasteiger partial charge in [-0.15, -0.1) is 0 Å². The van der Waals surface area contributed by atoms with Gasteiger partial charge in [-0.2, -0.15) is 0 Å². The number of H-pyrrole nitrogens is 1. The van der Waals surface area contributed by atoms with Gasteiger partial charge >= 0.3 is 0 Å². The van der Waals surface area contributed by atoms with Crippen molar-refractivity contribution in [2.45, 2.75) is 6.92 Å². The molecule has 0 saturated carbocycles. The van der Waals surface area contributed by atoms with E-state index in [0.29, 0.717) is 17.1 Å². The van der Waals surface area contributed by atoms with E-state index in [4.69, 9.17) is 0 Å². The fourth-order valence-electron chi connectivity index (χ4n) is 2.26. The molecule has 0 spiro atoms. The van der Waals surface area contributed by atoms with Crippen molar-refractivity contribution in [3.05, 3.63) is 29.6 Å². The van der Waals surface area contributed by atoms with E-state index in [1.54, 1.807) is 6.20 Å². The monoisotopic (exact) mass is 260 g/mol. The van der Waals surface area contributed by atoms with Gasteiger partial charge in [-0.25, -0.2) is 4.99 Å². The Morgan fingerprint density at radius 2 is 2.00 bits per heavy atom. The number of rotatable bonds is 4. The number of nitrogens with one attached hydrogen (secondary N) is 1. The van der Waals surface area contributed by atoms with Crippen LogP contribution in [0.15, 0.2) is 23.5 Å². The third kappa shape index (κ3) is 2.61. The molecule has 1 aliphatic rings. The second kappa shape index (κ2) is 5.40. The minimum Gasteiger partial charge on any atom is -0.366 e. The van der Waals surface area contributed by atoms with Crippen molar-refractivity contribution in [3.8, 4) is 0 Å². The van der Waals surface area contributed by atoms with Gasteiger partial charge in [0, 0.05) is 43.5 Å². The summed E-state index contributed by atoms with van der Waals surface area (Å²) in [5, 5.41) is 0. The number of nitrogens with zero attached hydrogens (tertiary/aromatic N) is 3. The highest BCUT2D eigenvalue weighted by molar-refractivity contribution is 6.09. The molecule has 0 bridgehead atoms. The largest absolute Gasteiger partial charge is 0.366 e. The first-order valence-corrected chi connectivity index (χ1v) is 6.36. The maximum Gasteiger partial charge on any atom is 0.210 e. The lowest BCUT2D eigenvalue weighted by molar-refractivity contribution is 0.0964. The molecule has 0 aliphatic carbocycles. The van der Waals surface area contributed by atoms with Crippen molar-refractivity contribution in [2.24, 2.45) is 4.99 Å². The van der Waals surface area contributed by atoms with Crippen LogP contribution in [-0.4, -0.2) is 60.5 Å².